The van der Waals surface area contributed by atoms with Crippen molar-refractivity contribution in [2.24, 2.45) is 4.99 Å². The first-order chi connectivity index (χ1) is 11.0. The molecule has 23 heavy (non-hydrogen) atoms. The van der Waals surface area contributed by atoms with Gasteiger partial charge in [0.1, 0.15) is 5.71 Å². The molecule has 7 nitrogen and oxygen atoms in total. The monoisotopic (exact) mass is 311 g/mol. The Kier molecular flexibility index (Phi) is 3.69. The maximum absolute atomic E-state index is 11.9. The number of nitrogens with one attached hydrogen (secondary N) is 2. The second kappa shape index (κ2) is 5.68. The number of rotatable bonds is 4. The molecule has 7 heteroatoms. The molecule has 1 aromatic carbocycles. The number of aromatic amines is 1. The molecule has 2 aromatic rings. The van der Waals surface area contributed by atoms with Crippen molar-refractivity contribution in [1.82, 2.24) is 9.97 Å². The van der Waals surface area contributed by atoms with Crippen LogP contribution in [-0.4, -0.2) is 27.5 Å². The summed E-state index contributed by atoms with van der Waals surface area (Å²) in [7, 11) is 0. The molecule has 0 aliphatic carbocycles. The fourth-order valence-electron chi connectivity index (χ4n) is 2.63. The van der Waals surface area contributed by atoms with Crippen molar-refractivity contribution in [1.29, 1.82) is 0 Å². The van der Waals surface area contributed by atoms with E-state index in [0.29, 0.717) is 18.5 Å². The van der Waals surface area contributed by atoms with Crippen molar-refractivity contribution < 1.29 is 4.79 Å². The number of aryl methyl sites for hydroxylation is 1. The topological polar surface area (TPSA) is 113 Å². The van der Waals surface area contributed by atoms with Gasteiger partial charge < -0.3 is 11.1 Å². The van der Waals surface area contributed by atoms with Crippen molar-refractivity contribution in [2.45, 2.75) is 25.3 Å². The Bertz CT molecular complexity index is 828. The lowest BCUT2D eigenvalue weighted by molar-refractivity contribution is -0.103. The van der Waals surface area contributed by atoms with E-state index in [-0.39, 0.29) is 17.3 Å². The predicted octanol–water partition coefficient (Wildman–Crippen LogP) is 1.44. The van der Waals surface area contributed by atoms with Crippen LogP contribution in [0.25, 0.3) is 0 Å². The van der Waals surface area contributed by atoms with Gasteiger partial charge in [0.15, 0.2) is 17.8 Å². The Labute approximate surface area is 132 Å². The molecular weight excluding hydrogens is 294 g/mol. The zero-order valence-corrected chi connectivity index (χ0v) is 12.7. The minimum atomic E-state index is -0.710. The lowest BCUT2D eigenvalue weighted by Crippen LogP contribution is -2.47. The van der Waals surface area contributed by atoms with Gasteiger partial charge in [0.2, 0.25) is 5.95 Å². The van der Waals surface area contributed by atoms with Crippen LogP contribution in [0.5, 0.6) is 0 Å². The first kappa shape index (κ1) is 15.0. The number of benzene rings is 1. The number of H-pyrrole nitrogens is 1. The van der Waals surface area contributed by atoms with Gasteiger partial charge in [-0.25, -0.2) is 4.99 Å². The number of aromatic nitrogens is 2. The normalized spacial score (nSPS) is 19.4. The van der Waals surface area contributed by atoms with Crippen molar-refractivity contribution in [2.75, 3.05) is 11.1 Å². The number of anilines is 2. The summed E-state index contributed by atoms with van der Waals surface area (Å²) in [5.41, 5.74) is 5.92. The summed E-state index contributed by atoms with van der Waals surface area (Å²) in [5, 5.41) is 3.15. The van der Waals surface area contributed by atoms with Crippen LogP contribution in [0.15, 0.2) is 40.1 Å². The summed E-state index contributed by atoms with van der Waals surface area (Å²) >= 11 is 0. The Balaban J connectivity index is 1.93. The highest BCUT2D eigenvalue weighted by atomic mass is 16.1. The molecule has 0 bridgehead atoms. The predicted molar refractivity (Wildman–Crippen MR) is 89.2 cm³/mol. The summed E-state index contributed by atoms with van der Waals surface area (Å²) in [6, 6.07) is 9.95. The van der Waals surface area contributed by atoms with E-state index in [0.717, 1.165) is 12.0 Å². The smallest absolute Gasteiger partial charge is 0.280 e. The number of fused-ring (bicyclic) bond motifs is 1. The number of aldehydes is 1. The number of carbonyl (C=O) groups excluding carboxylic acids is 1. The minimum absolute atomic E-state index is 0.0106. The summed E-state index contributed by atoms with van der Waals surface area (Å²) < 4.78 is 0. The van der Waals surface area contributed by atoms with Gasteiger partial charge in [-0.2, -0.15) is 4.98 Å². The number of hydrogen-bond donors (Lipinski definition) is 3. The average Bonchev–Trinajstić information content (AvgIpc) is 2.53. The van der Waals surface area contributed by atoms with E-state index in [1.165, 1.54) is 0 Å². The zero-order chi connectivity index (χ0) is 16.4. The lowest BCUT2D eigenvalue weighted by Gasteiger charge is -2.34. The Morgan fingerprint density at radius 3 is 2.74 bits per heavy atom. The molecule has 0 amide bonds. The van der Waals surface area contributed by atoms with Crippen molar-refractivity contribution in [3.63, 3.8) is 0 Å². The number of hydrogen-bond acceptors (Lipinski definition) is 6. The molecule has 2 heterocycles. The van der Waals surface area contributed by atoms with E-state index in [9.17, 15) is 9.59 Å². The van der Waals surface area contributed by atoms with Gasteiger partial charge in [-0.1, -0.05) is 30.3 Å². The number of nitrogen functional groups attached to an aromatic ring is 1. The van der Waals surface area contributed by atoms with Crippen LogP contribution in [-0.2, 0) is 11.2 Å². The van der Waals surface area contributed by atoms with Gasteiger partial charge in [0, 0.05) is 0 Å². The minimum Gasteiger partial charge on any atom is -0.369 e. The number of nitrogens with zero attached hydrogens (tertiary/aromatic N) is 2. The van der Waals surface area contributed by atoms with E-state index in [1.807, 2.05) is 37.3 Å². The maximum Gasteiger partial charge on any atom is 0.280 e. The fraction of sp³-hybridized carbons (Fsp3) is 0.250. The third-order valence-corrected chi connectivity index (χ3v) is 3.97. The maximum atomic E-state index is 11.9. The zero-order valence-electron chi connectivity index (χ0n) is 12.7. The molecule has 1 aromatic heterocycles. The highest BCUT2D eigenvalue weighted by Gasteiger charge is 2.35. The largest absolute Gasteiger partial charge is 0.369 e. The Hall–Kier alpha value is -2.96. The van der Waals surface area contributed by atoms with Gasteiger partial charge in [0.25, 0.3) is 5.56 Å². The highest BCUT2D eigenvalue weighted by Crippen LogP contribution is 2.31. The van der Waals surface area contributed by atoms with E-state index in [4.69, 9.17) is 5.73 Å². The number of aliphatic imine (C=N–C) groups is 1. The van der Waals surface area contributed by atoms with Crippen LogP contribution in [0.3, 0.4) is 0 Å². The van der Waals surface area contributed by atoms with Crippen LogP contribution in [0.4, 0.5) is 17.5 Å². The van der Waals surface area contributed by atoms with Gasteiger partial charge in [0.05, 0.1) is 5.54 Å². The van der Waals surface area contributed by atoms with E-state index >= 15 is 0 Å². The van der Waals surface area contributed by atoms with Crippen molar-refractivity contribution >= 4 is 29.5 Å². The summed E-state index contributed by atoms with van der Waals surface area (Å²) in [5.74, 6) is 0.309. The van der Waals surface area contributed by atoms with Crippen LogP contribution >= 0.6 is 0 Å². The molecule has 1 unspecified atom stereocenters. The molecule has 3 rings (SSSR count). The second-order valence-electron chi connectivity index (χ2n) is 5.71. The van der Waals surface area contributed by atoms with Gasteiger partial charge in [-0.15, -0.1) is 0 Å². The molecular formula is C16H17N5O2. The first-order valence-electron chi connectivity index (χ1n) is 7.28. The fourth-order valence-corrected chi connectivity index (χ4v) is 2.63. The number of nitrogens with two attached hydrogens (primary N) is 1. The quantitative estimate of drug-likeness (QED) is 0.739. The van der Waals surface area contributed by atoms with E-state index in [2.05, 4.69) is 20.3 Å². The lowest BCUT2D eigenvalue weighted by atomic mass is 9.87. The number of carbonyl (C=O) groups is 1. The van der Waals surface area contributed by atoms with Crippen LogP contribution in [0, 0.1) is 0 Å². The van der Waals surface area contributed by atoms with Gasteiger partial charge >= 0.3 is 0 Å². The van der Waals surface area contributed by atoms with E-state index < -0.39 is 11.1 Å². The van der Waals surface area contributed by atoms with Gasteiger partial charge in [-0.05, 0) is 25.3 Å². The van der Waals surface area contributed by atoms with Crippen LogP contribution < -0.4 is 16.6 Å². The molecule has 0 saturated carbocycles. The van der Waals surface area contributed by atoms with Crippen LogP contribution in [0.1, 0.15) is 18.9 Å². The molecule has 0 saturated heterocycles. The van der Waals surface area contributed by atoms with Crippen LogP contribution in [0.2, 0.25) is 0 Å². The van der Waals surface area contributed by atoms with Crippen molar-refractivity contribution in [3.8, 4) is 0 Å². The summed E-state index contributed by atoms with van der Waals surface area (Å²) in [6.45, 7) is 1.87. The second-order valence-corrected chi connectivity index (χ2v) is 5.71. The highest BCUT2D eigenvalue weighted by molar-refractivity contribution is 6.34. The molecule has 0 fully saturated rings. The third-order valence-electron chi connectivity index (χ3n) is 3.97. The molecule has 4 N–H and O–H groups in total. The van der Waals surface area contributed by atoms with Gasteiger partial charge in [-0.3, -0.25) is 14.6 Å². The summed E-state index contributed by atoms with van der Waals surface area (Å²) in [4.78, 5) is 34.0. The third kappa shape index (κ3) is 2.85. The Morgan fingerprint density at radius 2 is 2.04 bits per heavy atom. The first-order valence-corrected chi connectivity index (χ1v) is 7.28. The standard InChI is InChI=1S/C16H17N5O2/c1-16(8-7-10-5-3-2-4-6-10)11(9-22)18-12-13(21-16)19-15(17)20-14(12)23/h2-6,9H,7-8H2,1H3,(H4,17,19,20,21,23). The van der Waals surface area contributed by atoms with Crippen molar-refractivity contribution in [3.05, 3.63) is 46.2 Å². The average molecular weight is 311 g/mol. The molecule has 0 radical (unpaired) electrons. The SMILES string of the molecule is CC1(CCc2ccccc2)Nc2nc(N)[nH]c(=O)c2N=C1C=O. The molecule has 1 aliphatic rings. The molecule has 1 aliphatic heterocycles. The van der Waals surface area contributed by atoms with E-state index in [1.54, 1.807) is 0 Å². The molecule has 0 spiro atoms. The summed E-state index contributed by atoms with van der Waals surface area (Å²) in [6.07, 6.45) is 2.06. The molecule has 1 atom stereocenters. The Morgan fingerprint density at radius 1 is 1.30 bits per heavy atom. The molecule has 118 valence electrons.